The quantitative estimate of drug-likeness (QED) is 0.251. The van der Waals surface area contributed by atoms with Crippen molar-refractivity contribution in [1.82, 2.24) is 0 Å². The Bertz CT molecular complexity index is 1700. The number of aromatic nitrogens is 2. The third-order valence-corrected chi connectivity index (χ3v) is 8.16. The molecule has 7 rings (SSSR count). The average Bonchev–Trinajstić information content (AvgIpc) is 3.28. The van der Waals surface area contributed by atoms with Gasteiger partial charge in [0.05, 0.1) is 23.6 Å². The lowest BCUT2D eigenvalue weighted by molar-refractivity contribution is -0.686. The predicted octanol–water partition coefficient (Wildman–Crippen LogP) is 6.82. The molecule has 3 nitrogen and oxygen atoms in total. The molecule has 4 heterocycles. The summed E-state index contributed by atoms with van der Waals surface area (Å²) in [5.74, 6) is 0.879. The fraction of sp³-hybridized carbons (Fsp3) is 0.200. The maximum absolute atomic E-state index is 5.35. The van der Waals surface area contributed by atoms with E-state index in [4.69, 9.17) is 4.74 Å². The van der Waals surface area contributed by atoms with Crippen LogP contribution in [-0.2, 0) is 25.9 Å². The molecular weight excluding hydrogens is 464 g/mol. The number of fused-ring (bicyclic) bond motifs is 9. The van der Waals surface area contributed by atoms with Crippen LogP contribution >= 0.6 is 0 Å². The SMILES string of the molecule is COc1ccc(C=Cc2cc3[n+](c4ccccc24)CCCc2ccc4c(c2-3)-c2cccc[n+]2CCC4)cc1. The second-order valence-electron chi connectivity index (χ2n) is 10.4. The van der Waals surface area contributed by atoms with Gasteiger partial charge >= 0.3 is 0 Å². The van der Waals surface area contributed by atoms with Crippen LogP contribution in [0.1, 0.15) is 35.1 Å². The van der Waals surface area contributed by atoms with Gasteiger partial charge in [0.2, 0.25) is 16.9 Å². The Labute approximate surface area is 224 Å². The third-order valence-electron chi connectivity index (χ3n) is 8.16. The highest BCUT2D eigenvalue weighted by Crippen LogP contribution is 2.40. The molecule has 2 aromatic heterocycles. The number of methoxy groups -OCH3 is 1. The number of pyridine rings is 2. The summed E-state index contributed by atoms with van der Waals surface area (Å²) >= 11 is 0. The van der Waals surface area contributed by atoms with E-state index < -0.39 is 0 Å². The summed E-state index contributed by atoms with van der Waals surface area (Å²) in [6.07, 6.45) is 11.3. The second kappa shape index (κ2) is 9.57. The van der Waals surface area contributed by atoms with Crippen molar-refractivity contribution in [3.05, 3.63) is 113 Å². The summed E-state index contributed by atoms with van der Waals surface area (Å²) in [6.45, 7) is 2.09. The highest BCUT2D eigenvalue weighted by Gasteiger charge is 2.32. The maximum Gasteiger partial charge on any atom is 0.214 e. The number of aryl methyl sites for hydroxylation is 4. The maximum atomic E-state index is 5.35. The Hall–Kier alpha value is -4.24. The first-order valence-electron chi connectivity index (χ1n) is 13.7. The summed E-state index contributed by atoms with van der Waals surface area (Å²) < 4.78 is 10.4. The van der Waals surface area contributed by atoms with Crippen LogP contribution in [0.3, 0.4) is 0 Å². The van der Waals surface area contributed by atoms with E-state index in [-0.39, 0.29) is 0 Å². The van der Waals surface area contributed by atoms with Gasteiger partial charge in [-0.3, -0.25) is 0 Å². The van der Waals surface area contributed by atoms with Gasteiger partial charge in [0, 0.05) is 37.1 Å². The molecule has 0 fully saturated rings. The van der Waals surface area contributed by atoms with E-state index >= 15 is 0 Å². The number of rotatable bonds is 3. The number of para-hydroxylation sites is 1. The molecule has 0 saturated heterocycles. The number of benzene rings is 3. The highest BCUT2D eigenvalue weighted by atomic mass is 16.5. The molecule has 3 aromatic carbocycles. The Morgan fingerprint density at radius 1 is 0.711 bits per heavy atom. The van der Waals surface area contributed by atoms with E-state index in [0.29, 0.717) is 0 Å². The van der Waals surface area contributed by atoms with Crippen molar-refractivity contribution in [3.63, 3.8) is 0 Å². The van der Waals surface area contributed by atoms with Gasteiger partial charge in [-0.05, 0) is 59.4 Å². The van der Waals surface area contributed by atoms with Crippen molar-refractivity contribution in [2.24, 2.45) is 0 Å². The molecule has 0 radical (unpaired) electrons. The summed E-state index contributed by atoms with van der Waals surface area (Å²) in [5, 5.41) is 1.29. The molecule has 5 aromatic rings. The van der Waals surface area contributed by atoms with E-state index in [9.17, 15) is 0 Å². The number of ether oxygens (including phenoxy) is 1. The Kier molecular flexibility index (Phi) is 5.77. The van der Waals surface area contributed by atoms with Crippen molar-refractivity contribution >= 4 is 23.1 Å². The van der Waals surface area contributed by atoms with Gasteiger partial charge in [-0.2, -0.15) is 9.13 Å². The predicted molar refractivity (Wildman–Crippen MR) is 154 cm³/mol. The standard InChI is InChI=1S/C35H32N2O/c1-38-29-19-14-25(15-20-29)13-16-28-24-33-35-27(9-7-23-37(33)31-11-3-2-10-30(28)31)18-17-26-8-6-22-36-21-5-4-12-32(36)34(26)35/h2-5,10-21,24H,6-9,22-23H2,1H3/q+2. The summed E-state index contributed by atoms with van der Waals surface area (Å²) in [5.41, 5.74) is 12.2. The number of nitrogens with zero attached hydrogens (tertiary/aromatic N) is 2. The van der Waals surface area contributed by atoms with Gasteiger partial charge in [0.1, 0.15) is 18.8 Å². The number of hydrogen-bond donors (Lipinski definition) is 0. The minimum absolute atomic E-state index is 0.879. The van der Waals surface area contributed by atoms with Gasteiger partial charge < -0.3 is 4.74 Å². The van der Waals surface area contributed by atoms with E-state index in [1.807, 2.05) is 12.1 Å². The molecule has 2 aliphatic rings. The van der Waals surface area contributed by atoms with Gasteiger partial charge in [0.15, 0.2) is 6.20 Å². The minimum Gasteiger partial charge on any atom is -0.497 e. The zero-order valence-electron chi connectivity index (χ0n) is 21.9. The molecule has 0 saturated carbocycles. The summed E-state index contributed by atoms with van der Waals surface area (Å²) in [6, 6.07) is 31.0. The lowest BCUT2D eigenvalue weighted by Crippen LogP contribution is -2.37. The van der Waals surface area contributed by atoms with Crippen molar-refractivity contribution in [2.75, 3.05) is 7.11 Å². The van der Waals surface area contributed by atoms with Crippen molar-refractivity contribution < 1.29 is 13.9 Å². The van der Waals surface area contributed by atoms with E-state index in [1.165, 1.54) is 56.5 Å². The Morgan fingerprint density at radius 3 is 2.26 bits per heavy atom. The smallest absolute Gasteiger partial charge is 0.214 e. The number of hydrogen-bond acceptors (Lipinski definition) is 1. The van der Waals surface area contributed by atoms with Crippen LogP contribution in [0.2, 0.25) is 0 Å². The summed E-state index contributed by atoms with van der Waals surface area (Å²) in [4.78, 5) is 0. The molecule has 2 aliphatic heterocycles. The molecule has 0 aliphatic carbocycles. The van der Waals surface area contributed by atoms with Gasteiger partial charge in [-0.25, -0.2) is 0 Å². The van der Waals surface area contributed by atoms with Crippen molar-refractivity contribution in [2.45, 2.75) is 38.8 Å². The molecule has 0 amide bonds. The van der Waals surface area contributed by atoms with E-state index in [1.54, 1.807) is 7.11 Å². The first kappa shape index (κ1) is 22.9. The second-order valence-corrected chi connectivity index (χ2v) is 10.4. The monoisotopic (exact) mass is 496 g/mol. The van der Waals surface area contributed by atoms with Gasteiger partial charge in [-0.15, -0.1) is 0 Å². The largest absolute Gasteiger partial charge is 0.497 e. The van der Waals surface area contributed by atoms with Crippen LogP contribution < -0.4 is 13.9 Å². The van der Waals surface area contributed by atoms with Gasteiger partial charge in [-0.1, -0.05) is 48.6 Å². The summed E-state index contributed by atoms with van der Waals surface area (Å²) in [7, 11) is 1.71. The zero-order valence-corrected chi connectivity index (χ0v) is 21.9. The fourth-order valence-corrected chi connectivity index (χ4v) is 6.33. The van der Waals surface area contributed by atoms with E-state index in [0.717, 1.165) is 43.7 Å². The molecule has 186 valence electrons. The Morgan fingerprint density at radius 2 is 1.45 bits per heavy atom. The highest BCUT2D eigenvalue weighted by molar-refractivity contribution is 5.92. The molecule has 3 heteroatoms. The molecule has 0 spiro atoms. The lowest BCUT2D eigenvalue weighted by atomic mass is 9.88. The normalized spacial score (nSPS) is 14.2. The van der Waals surface area contributed by atoms with Crippen LogP contribution in [0.25, 0.3) is 45.6 Å². The molecule has 0 unspecified atom stereocenters. The lowest BCUT2D eigenvalue weighted by Gasteiger charge is -2.15. The van der Waals surface area contributed by atoms with Crippen LogP contribution in [0.4, 0.5) is 0 Å². The molecule has 0 N–H and O–H groups in total. The van der Waals surface area contributed by atoms with Crippen molar-refractivity contribution in [1.29, 1.82) is 0 Å². The molecular formula is C35H32N2O+2. The average molecular weight is 497 g/mol. The third kappa shape index (κ3) is 3.90. The van der Waals surface area contributed by atoms with Crippen molar-refractivity contribution in [3.8, 4) is 28.3 Å². The molecule has 38 heavy (non-hydrogen) atoms. The zero-order chi connectivity index (χ0) is 25.5. The van der Waals surface area contributed by atoms with Crippen LogP contribution in [0.5, 0.6) is 5.75 Å². The first-order valence-corrected chi connectivity index (χ1v) is 13.7. The van der Waals surface area contributed by atoms with Crippen LogP contribution in [0.15, 0.2) is 91.1 Å². The fourth-order valence-electron chi connectivity index (χ4n) is 6.33. The first-order chi connectivity index (χ1) is 18.8. The molecule has 0 atom stereocenters. The Balaban J connectivity index is 1.49. The van der Waals surface area contributed by atoms with Crippen LogP contribution in [0, 0.1) is 0 Å². The minimum atomic E-state index is 0.879. The van der Waals surface area contributed by atoms with Crippen LogP contribution in [-0.4, -0.2) is 7.11 Å². The molecule has 0 bridgehead atoms. The van der Waals surface area contributed by atoms with Gasteiger partial charge in [0.25, 0.3) is 0 Å². The van der Waals surface area contributed by atoms with E-state index in [2.05, 4.69) is 100 Å². The topological polar surface area (TPSA) is 17.0 Å².